The van der Waals surface area contributed by atoms with Crippen molar-refractivity contribution in [1.82, 2.24) is 0 Å². The van der Waals surface area contributed by atoms with E-state index in [2.05, 4.69) is 11.8 Å². The summed E-state index contributed by atoms with van der Waals surface area (Å²) in [5.41, 5.74) is 0.127. The summed E-state index contributed by atoms with van der Waals surface area (Å²) in [5, 5.41) is 0.731. The van der Waals surface area contributed by atoms with E-state index in [1.54, 1.807) is 0 Å². The highest BCUT2D eigenvalue weighted by molar-refractivity contribution is 6.41. The molecule has 0 bridgehead atoms. The van der Waals surface area contributed by atoms with E-state index < -0.39 is 5.97 Å². The first-order chi connectivity index (χ1) is 10.6. The molecule has 0 unspecified atom stereocenters. The fourth-order valence-corrected chi connectivity index (χ4v) is 3.54. The van der Waals surface area contributed by atoms with Gasteiger partial charge in [0.1, 0.15) is 0 Å². The molecular formula is C17H17Cl3O2. The van der Waals surface area contributed by atoms with Crippen LogP contribution in [-0.4, -0.2) is 12.6 Å². The van der Waals surface area contributed by atoms with E-state index in [4.69, 9.17) is 39.5 Å². The lowest BCUT2D eigenvalue weighted by molar-refractivity contribution is 0.0557. The van der Waals surface area contributed by atoms with Gasteiger partial charge < -0.3 is 4.74 Å². The van der Waals surface area contributed by atoms with Crippen LogP contribution in [0.4, 0.5) is 0 Å². The van der Waals surface area contributed by atoms with Crippen molar-refractivity contribution in [2.45, 2.75) is 38.5 Å². The first kappa shape index (κ1) is 17.5. The molecule has 0 amide bonds. The van der Waals surface area contributed by atoms with Gasteiger partial charge in [-0.15, -0.1) is 0 Å². The van der Waals surface area contributed by atoms with Crippen molar-refractivity contribution in [2.24, 2.45) is 5.92 Å². The minimum absolute atomic E-state index is 0.0425. The van der Waals surface area contributed by atoms with Crippen LogP contribution >= 0.6 is 34.8 Å². The third kappa shape index (κ3) is 5.09. The number of esters is 1. The van der Waals surface area contributed by atoms with E-state index in [9.17, 15) is 4.79 Å². The predicted molar refractivity (Wildman–Crippen MR) is 90.7 cm³/mol. The molecule has 2 nitrogen and oxygen atoms in total. The minimum Gasteiger partial charge on any atom is -0.449 e. The zero-order valence-electron chi connectivity index (χ0n) is 12.1. The van der Waals surface area contributed by atoms with Crippen LogP contribution in [-0.2, 0) is 4.74 Å². The zero-order chi connectivity index (χ0) is 15.9. The van der Waals surface area contributed by atoms with Crippen LogP contribution < -0.4 is 0 Å². The van der Waals surface area contributed by atoms with E-state index in [0.717, 1.165) is 6.42 Å². The molecule has 0 aromatic heterocycles. The van der Waals surface area contributed by atoms with Crippen molar-refractivity contribution in [3.63, 3.8) is 0 Å². The van der Waals surface area contributed by atoms with Gasteiger partial charge in [-0.1, -0.05) is 65.9 Å². The average molecular weight is 360 g/mol. The lowest BCUT2D eigenvalue weighted by Crippen LogP contribution is -2.07. The van der Waals surface area contributed by atoms with Gasteiger partial charge in [0.25, 0.3) is 0 Å². The van der Waals surface area contributed by atoms with E-state index in [0.29, 0.717) is 10.9 Å². The Labute approximate surface area is 146 Å². The van der Waals surface area contributed by atoms with Crippen LogP contribution in [0, 0.1) is 17.8 Å². The Balaban J connectivity index is 1.83. The topological polar surface area (TPSA) is 26.3 Å². The molecule has 0 aliphatic heterocycles. The van der Waals surface area contributed by atoms with Crippen LogP contribution in [0.3, 0.4) is 0 Å². The summed E-state index contributed by atoms with van der Waals surface area (Å²) in [6.45, 7) is 0.0425. The fourth-order valence-electron chi connectivity index (χ4n) is 2.57. The highest BCUT2D eigenvalue weighted by Gasteiger charge is 2.17. The Morgan fingerprint density at radius 2 is 1.73 bits per heavy atom. The molecule has 1 aliphatic carbocycles. The summed E-state index contributed by atoms with van der Waals surface area (Å²) in [7, 11) is 0. The van der Waals surface area contributed by atoms with Crippen LogP contribution in [0.2, 0.25) is 15.1 Å². The Morgan fingerprint density at radius 1 is 1.09 bits per heavy atom. The second-order valence-corrected chi connectivity index (χ2v) is 6.63. The van der Waals surface area contributed by atoms with Crippen LogP contribution in [0.25, 0.3) is 0 Å². The summed E-state index contributed by atoms with van der Waals surface area (Å²) in [4.78, 5) is 12.0. The third-order valence-corrected chi connectivity index (χ3v) is 4.54. The molecule has 0 atom stereocenters. The molecule has 1 aromatic rings. The van der Waals surface area contributed by atoms with E-state index in [1.165, 1.54) is 44.2 Å². The summed E-state index contributed by atoms with van der Waals surface area (Å²) < 4.78 is 5.09. The predicted octanol–water partition coefficient (Wildman–Crippen LogP) is 5.78. The molecule has 2 rings (SSSR count). The van der Waals surface area contributed by atoms with Crippen molar-refractivity contribution in [3.05, 3.63) is 32.8 Å². The normalized spacial score (nSPS) is 15.0. The number of rotatable bonds is 3. The second kappa shape index (κ2) is 8.67. The third-order valence-electron chi connectivity index (χ3n) is 3.73. The largest absolute Gasteiger partial charge is 0.449 e. The van der Waals surface area contributed by atoms with E-state index in [1.807, 2.05) is 0 Å². The zero-order valence-corrected chi connectivity index (χ0v) is 14.4. The van der Waals surface area contributed by atoms with E-state index >= 15 is 0 Å². The van der Waals surface area contributed by atoms with Gasteiger partial charge in [-0.2, -0.15) is 0 Å². The van der Waals surface area contributed by atoms with Gasteiger partial charge in [0, 0.05) is 11.4 Å². The number of ether oxygens (including phenoxy) is 1. The smallest absolute Gasteiger partial charge is 0.342 e. The van der Waals surface area contributed by atoms with Gasteiger partial charge in [0.15, 0.2) is 6.61 Å². The Kier molecular flexibility index (Phi) is 6.89. The summed E-state index contributed by atoms with van der Waals surface area (Å²) >= 11 is 17.7. The number of benzene rings is 1. The van der Waals surface area contributed by atoms with Crippen molar-refractivity contribution in [2.75, 3.05) is 6.61 Å². The van der Waals surface area contributed by atoms with Gasteiger partial charge in [0.2, 0.25) is 0 Å². The van der Waals surface area contributed by atoms with Gasteiger partial charge >= 0.3 is 5.97 Å². The highest BCUT2D eigenvalue weighted by atomic mass is 35.5. The first-order valence-electron chi connectivity index (χ1n) is 7.35. The monoisotopic (exact) mass is 358 g/mol. The molecule has 0 spiro atoms. The molecule has 0 N–H and O–H groups in total. The number of hydrogen-bond donors (Lipinski definition) is 0. The second-order valence-electron chi connectivity index (χ2n) is 5.38. The minimum atomic E-state index is -0.585. The summed E-state index contributed by atoms with van der Waals surface area (Å²) in [6, 6.07) is 2.92. The summed E-state index contributed by atoms with van der Waals surface area (Å²) in [5.74, 6) is 6.07. The molecule has 1 aliphatic rings. The molecule has 118 valence electrons. The summed E-state index contributed by atoms with van der Waals surface area (Å²) in [6.07, 6.45) is 7.32. The molecule has 0 heterocycles. The SMILES string of the molecule is O=C(OCC#CCC1CCCCC1)c1c(Cl)cc(Cl)cc1Cl. The molecule has 1 aromatic carbocycles. The maximum Gasteiger partial charge on any atom is 0.342 e. The molecule has 0 saturated heterocycles. The quantitative estimate of drug-likeness (QED) is 0.505. The molecular weight excluding hydrogens is 343 g/mol. The van der Waals surface area contributed by atoms with Crippen LogP contribution in [0.1, 0.15) is 48.9 Å². The Morgan fingerprint density at radius 3 is 2.36 bits per heavy atom. The molecule has 1 saturated carbocycles. The van der Waals surface area contributed by atoms with Gasteiger partial charge in [0.05, 0.1) is 15.6 Å². The highest BCUT2D eigenvalue weighted by Crippen LogP contribution is 2.29. The molecule has 5 heteroatoms. The average Bonchev–Trinajstić information content (AvgIpc) is 2.47. The Hall–Kier alpha value is -0.880. The lowest BCUT2D eigenvalue weighted by atomic mass is 9.87. The number of carbonyl (C=O) groups is 1. The Bertz CT molecular complexity index is 573. The number of hydrogen-bond acceptors (Lipinski definition) is 2. The van der Waals surface area contributed by atoms with E-state index in [-0.39, 0.29) is 22.2 Å². The van der Waals surface area contributed by atoms with Crippen LogP contribution in [0.15, 0.2) is 12.1 Å². The van der Waals surface area contributed by atoms with Crippen molar-refractivity contribution < 1.29 is 9.53 Å². The number of carbonyl (C=O) groups excluding carboxylic acids is 1. The van der Waals surface area contributed by atoms with Gasteiger partial charge in [-0.25, -0.2) is 4.79 Å². The van der Waals surface area contributed by atoms with Gasteiger partial charge in [-0.05, 0) is 30.9 Å². The van der Waals surface area contributed by atoms with Crippen LogP contribution in [0.5, 0.6) is 0 Å². The number of halogens is 3. The van der Waals surface area contributed by atoms with Gasteiger partial charge in [-0.3, -0.25) is 0 Å². The molecule has 0 radical (unpaired) electrons. The van der Waals surface area contributed by atoms with Crippen molar-refractivity contribution >= 4 is 40.8 Å². The standard InChI is InChI=1S/C17H17Cl3O2/c18-13-10-14(19)16(15(20)11-13)17(21)22-9-5-4-8-12-6-2-1-3-7-12/h10-12H,1-3,6-9H2. The fraction of sp³-hybridized carbons (Fsp3) is 0.471. The first-order valence-corrected chi connectivity index (χ1v) is 8.48. The van der Waals surface area contributed by atoms with Crippen molar-refractivity contribution in [3.8, 4) is 11.8 Å². The maximum absolute atomic E-state index is 12.0. The maximum atomic E-state index is 12.0. The van der Waals surface area contributed by atoms with Crippen molar-refractivity contribution in [1.29, 1.82) is 0 Å². The molecule has 1 fully saturated rings. The lowest BCUT2D eigenvalue weighted by Gasteiger charge is -2.18. The molecule has 22 heavy (non-hydrogen) atoms.